The monoisotopic (exact) mass is 238 g/mol. The van der Waals surface area contributed by atoms with Crippen LogP contribution in [0.3, 0.4) is 0 Å². The molecule has 0 saturated carbocycles. The fourth-order valence-corrected chi connectivity index (χ4v) is 2.08. The molecule has 1 aromatic heterocycles. The zero-order valence-corrected chi connectivity index (χ0v) is 9.55. The molecule has 2 rings (SSSR count). The standard InChI is InChI=1S/C11H11FN2OS/c1-15-10-3-2-7(12)4-8(10)9-6-16-11(5-13)14-9/h2-4,6H,5,13H2,1H3. The Morgan fingerprint density at radius 3 is 2.94 bits per heavy atom. The van der Waals surface area contributed by atoms with Crippen LogP contribution in [0.25, 0.3) is 11.3 Å². The van der Waals surface area contributed by atoms with E-state index in [2.05, 4.69) is 4.98 Å². The highest BCUT2D eigenvalue weighted by Gasteiger charge is 2.10. The second-order valence-corrected chi connectivity index (χ2v) is 4.12. The van der Waals surface area contributed by atoms with Gasteiger partial charge in [-0.1, -0.05) is 0 Å². The Morgan fingerprint density at radius 1 is 1.50 bits per heavy atom. The van der Waals surface area contributed by atoms with Crippen LogP contribution in [0.2, 0.25) is 0 Å². The molecule has 0 fully saturated rings. The van der Waals surface area contributed by atoms with E-state index in [-0.39, 0.29) is 5.82 Å². The van der Waals surface area contributed by atoms with Crippen LogP contribution >= 0.6 is 11.3 Å². The van der Waals surface area contributed by atoms with Crippen molar-refractivity contribution < 1.29 is 9.13 Å². The summed E-state index contributed by atoms with van der Waals surface area (Å²) in [6.07, 6.45) is 0. The lowest BCUT2D eigenvalue weighted by Crippen LogP contribution is -1.95. The van der Waals surface area contributed by atoms with Crippen molar-refractivity contribution in [1.82, 2.24) is 4.98 Å². The molecule has 1 aromatic carbocycles. The number of rotatable bonds is 3. The van der Waals surface area contributed by atoms with E-state index in [0.29, 0.717) is 23.6 Å². The van der Waals surface area contributed by atoms with Gasteiger partial charge in [0.25, 0.3) is 0 Å². The number of hydrogen-bond acceptors (Lipinski definition) is 4. The van der Waals surface area contributed by atoms with Gasteiger partial charge in [0.05, 0.1) is 12.8 Å². The highest BCUT2D eigenvalue weighted by Crippen LogP contribution is 2.31. The van der Waals surface area contributed by atoms with Crippen LogP contribution in [-0.2, 0) is 6.54 Å². The third-order valence-electron chi connectivity index (χ3n) is 2.16. The molecular weight excluding hydrogens is 227 g/mol. The molecule has 0 unspecified atom stereocenters. The normalized spacial score (nSPS) is 10.4. The molecule has 0 aliphatic rings. The Labute approximate surface area is 96.7 Å². The van der Waals surface area contributed by atoms with E-state index >= 15 is 0 Å². The van der Waals surface area contributed by atoms with Crippen molar-refractivity contribution in [2.45, 2.75) is 6.54 Å². The molecule has 2 aromatic rings. The van der Waals surface area contributed by atoms with Gasteiger partial charge in [-0.05, 0) is 18.2 Å². The summed E-state index contributed by atoms with van der Waals surface area (Å²) in [5, 5.41) is 2.67. The van der Waals surface area contributed by atoms with Gasteiger partial charge in [-0.2, -0.15) is 0 Å². The maximum absolute atomic E-state index is 13.2. The number of halogens is 1. The first-order valence-corrected chi connectivity index (χ1v) is 5.61. The molecule has 0 saturated heterocycles. The minimum absolute atomic E-state index is 0.307. The third kappa shape index (κ3) is 2.05. The van der Waals surface area contributed by atoms with Gasteiger partial charge in [0.15, 0.2) is 0 Å². The second-order valence-electron chi connectivity index (χ2n) is 3.18. The molecule has 84 valence electrons. The number of benzene rings is 1. The number of nitrogens with zero attached hydrogens (tertiary/aromatic N) is 1. The van der Waals surface area contributed by atoms with E-state index in [9.17, 15) is 4.39 Å². The van der Waals surface area contributed by atoms with Crippen LogP contribution in [0, 0.1) is 5.82 Å². The summed E-state index contributed by atoms with van der Waals surface area (Å²) in [4.78, 5) is 4.30. The minimum atomic E-state index is -0.307. The maximum atomic E-state index is 13.2. The van der Waals surface area contributed by atoms with Gasteiger partial charge in [-0.25, -0.2) is 9.37 Å². The number of hydrogen-bond donors (Lipinski definition) is 1. The number of nitrogens with two attached hydrogens (primary N) is 1. The first-order chi connectivity index (χ1) is 7.74. The number of methoxy groups -OCH3 is 1. The molecule has 0 aliphatic heterocycles. The summed E-state index contributed by atoms with van der Waals surface area (Å²) < 4.78 is 18.3. The van der Waals surface area contributed by atoms with Gasteiger partial charge in [0.2, 0.25) is 0 Å². The van der Waals surface area contributed by atoms with Crippen LogP contribution in [0.4, 0.5) is 4.39 Å². The molecule has 0 aliphatic carbocycles. The summed E-state index contributed by atoms with van der Waals surface area (Å²) in [7, 11) is 1.55. The third-order valence-corrected chi connectivity index (χ3v) is 3.03. The van der Waals surface area contributed by atoms with Gasteiger partial charge in [-0.15, -0.1) is 11.3 Å². The van der Waals surface area contributed by atoms with Crippen LogP contribution in [0.5, 0.6) is 5.75 Å². The van der Waals surface area contributed by atoms with Gasteiger partial charge >= 0.3 is 0 Å². The summed E-state index contributed by atoms with van der Waals surface area (Å²) >= 11 is 1.46. The van der Waals surface area contributed by atoms with E-state index in [0.717, 1.165) is 5.01 Å². The molecule has 0 radical (unpaired) electrons. The van der Waals surface area contributed by atoms with Crippen molar-refractivity contribution >= 4 is 11.3 Å². The van der Waals surface area contributed by atoms with Crippen LogP contribution < -0.4 is 10.5 Å². The first kappa shape index (κ1) is 11.0. The second kappa shape index (κ2) is 4.59. The highest BCUT2D eigenvalue weighted by molar-refractivity contribution is 7.09. The summed E-state index contributed by atoms with van der Waals surface area (Å²) in [6.45, 7) is 0.391. The molecular formula is C11H11FN2OS. The summed E-state index contributed by atoms with van der Waals surface area (Å²) in [5.74, 6) is 0.299. The number of aromatic nitrogens is 1. The Bertz CT molecular complexity index is 498. The molecule has 1 heterocycles. The molecule has 0 spiro atoms. The largest absolute Gasteiger partial charge is 0.496 e. The Hall–Kier alpha value is -1.46. The average Bonchev–Trinajstić information content (AvgIpc) is 2.77. The molecule has 0 atom stereocenters. The fraction of sp³-hybridized carbons (Fsp3) is 0.182. The van der Waals surface area contributed by atoms with E-state index < -0.39 is 0 Å². The van der Waals surface area contributed by atoms with E-state index in [1.807, 2.05) is 5.38 Å². The van der Waals surface area contributed by atoms with Crippen LogP contribution in [0.15, 0.2) is 23.6 Å². The minimum Gasteiger partial charge on any atom is -0.496 e. The van der Waals surface area contributed by atoms with E-state index in [4.69, 9.17) is 10.5 Å². The lowest BCUT2D eigenvalue weighted by atomic mass is 10.1. The molecule has 2 N–H and O–H groups in total. The molecule has 16 heavy (non-hydrogen) atoms. The van der Waals surface area contributed by atoms with Gasteiger partial charge in [-0.3, -0.25) is 0 Å². The Morgan fingerprint density at radius 2 is 2.31 bits per heavy atom. The molecule has 3 nitrogen and oxygen atoms in total. The smallest absolute Gasteiger partial charge is 0.128 e. The lowest BCUT2D eigenvalue weighted by Gasteiger charge is -2.05. The summed E-state index contributed by atoms with van der Waals surface area (Å²) in [5.41, 5.74) is 6.83. The predicted octanol–water partition coefficient (Wildman–Crippen LogP) is 2.42. The summed E-state index contributed by atoms with van der Waals surface area (Å²) in [6, 6.07) is 4.36. The average molecular weight is 238 g/mol. The zero-order valence-electron chi connectivity index (χ0n) is 8.74. The van der Waals surface area contributed by atoms with Crippen molar-refractivity contribution in [3.63, 3.8) is 0 Å². The molecule has 0 amide bonds. The van der Waals surface area contributed by atoms with Crippen molar-refractivity contribution in [2.75, 3.05) is 7.11 Å². The SMILES string of the molecule is COc1ccc(F)cc1-c1csc(CN)n1. The van der Waals surface area contributed by atoms with Gasteiger partial charge in [0, 0.05) is 17.5 Å². The topological polar surface area (TPSA) is 48.1 Å². The molecule has 5 heteroatoms. The van der Waals surface area contributed by atoms with Crippen LogP contribution in [0.1, 0.15) is 5.01 Å². The van der Waals surface area contributed by atoms with E-state index in [1.165, 1.54) is 23.5 Å². The molecule has 0 bridgehead atoms. The number of thiazole rings is 1. The lowest BCUT2D eigenvalue weighted by molar-refractivity contribution is 0.415. The van der Waals surface area contributed by atoms with Crippen LogP contribution in [-0.4, -0.2) is 12.1 Å². The zero-order chi connectivity index (χ0) is 11.5. The fourth-order valence-electron chi connectivity index (χ4n) is 1.41. The van der Waals surface area contributed by atoms with E-state index in [1.54, 1.807) is 13.2 Å². The van der Waals surface area contributed by atoms with Crippen molar-refractivity contribution in [3.05, 3.63) is 34.4 Å². The van der Waals surface area contributed by atoms with Gasteiger partial charge < -0.3 is 10.5 Å². The quantitative estimate of drug-likeness (QED) is 0.893. The highest BCUT2D eigenvalue weighted by atomic mass is 32.1. The van der Waals surface area contributed by atoms with Gasteiger partial charge in [0.1, 0.15) is 16.6 Å². The van der Waals surface area contributed by atoms with Crippen molar-refractivity contribution in [1.29, 1.82) is 0 Å². The Kier molecular flexibility index (Phi) is 3.17. The Balaban J connectivity index is 2.49. The predicted molar refractivity (Wildman–Crippen MR) is 62.0 cm³/mol. The maximum Gasteiger partial charge on any atom is 0.128 e. The first-order valence-electron chi connectivity index (χ1n) is 4.73. The number of ether oxygens (including phenoxy) is 1. The van der Waals surface area contributed by atoms with Crippen molar-refractivity contribution in [2.24, 2.45) is 5.73 Å². The van der Waals surface area contributed by atoms with Crippen molar-refractivity contribution in [3.8, 4) is 17.0 Å².